The first-order chi connectivity index (χ1) is 8.58. The minimum Gasteiger partial charge on any atom is -0.310 e. The summed E-state index contributed by atoms with van der Waals surface area (Å²) < 4.78 is 0. The topological polar surface area (TPSA) is 12.0 Å². The van der Waals surface area contributed by atoms with Crippen molar-refractivity contribution >= 4 is 22.9 Å². The number of halogens is 1. The summed E-state index contributed by atoms with van der Waals surface area (Å²) in [6.07, 6.45) is 0. The van der Waals surface area contributed by atoms with Crippen LogP contribution in [0.15, 0.2) is 29.6 Å². The van der Waals surface area contributed by atoms with E-state index in [2.05, 4.69) is 49.7 Å². The van der Waals surface area contributed by atoms with Crippen LogP contribution in [0.25, 0.3) is 10.4 Å². The molecular weight excluding hydrogens is 262 g/mol. The molecule has 0 saturated carbocycles. The Hall–Kier alpha value is -0.830. The fraction of sp³-hybridized carbons (Fsp3) is 0.333. The minimum atomic E-state index is 0.484. The average Bonchev–Trinajstić information content (AvgIpc) is 2.73. The molecule has 1 nitrogen and oxygen atoms in total. The summed E-state index contributed by atoms with van der Waals surface area (Å²) in [5.74, 6) is 0. The van der Waals surface area contributed by atoms with Crippen LogP contribution in [-0.2, 0) is 6.54 Å². The Morgan fingerprint density at radius 2 is 2.06 bits per heavy atom. The number of nitrogens with one attached hydrogen (secondary N) is 1. The fourth-order valence-electron chi connectivity index (χ4n) is 1.88. The van der Waals surface area contributed by atoms with Crippen molar-refractivity contribution in [2.24, 2.45) is 0 Å². The number of hydrogen-bond donors (Lipinski definition) is 1. The predicted octanol–water partition coefficient (Wildman–Crippen LogP) is 4.87. The van der Waals surface area contributed by atoms with Gasteiger partial charge in [-0.3, -0.25) is 0 Å². The van der Waals surface area contributed by atoms with Gasteiger partial charge in [-0.1, -0.05) is 31.5 Å². The molecule has 0 atom stereocenters. The lowest BCUT2D eigenvalue weighted by molar-refractivity contribution is 0.589. The third-order valence-corrected chi connectivity index (χ3v) is 4.16. The molecule has 0 amide bonds. The summed E-state index contributed by atoms with van der Waals surface area (Å²) in [4.78, 5) is 1.32. The molecule has 0 fully saturated rings. The van der Waals surface area contributed by atoms with Crippen LogP contribution in [0, 0.1) is 6.92 Å². The van der Waals surface area contributed by atoms with Gasteiger partial charge >= 0.3 is 0 Å². The van der Waals surface area contributed by atoms with Gasteiger partial charge in [0.1, 0.15) is 0 Å². The van der Waals surface area contributed by atoms with Crippen LogP contribution in [0.4, 0.5) is 0 Å². The maximum Gasteiger partial charge on any atom is 0.0412 e. The molecule has 1 N–H and O–H groups in total. The Morgan fingerprint density at radius 3 is 2.67 bits per heavy atom. The first kappa shape index (κ1) is 13.6. The van der Waals surface area contributed by atoms with Crippen molar-refractivity contribution in [1.82, 2.24) is 5.32 Å². The summed E-state index contributed by atoms with van der Waals surface area (Å²) in [5.41, 5.74) is 3.87. The lowest BCUT2D eigenvalue weighted by atomic mass is 10.0. The van der Waals surface area contributed by atoms with E-state index in [4.69, 9.17) is 11.6 Å². The van der Waals surface area contributed by atoms with Crippen molar-refractivity contribution in [1.29, 1.82) is 0 Å². The number of thiophene rings is 1. The van der Waals surface area contributed by atoms with Gasteiger partial charge in [0.15, 0.2) is 0 Å². The monoisotopic (exact) mass is 279 g/mol. The van der Waals surface area contributed by atoms with Crippen LogP contribution < -0.4 is 5.32 Å². The van der Waals surface area contributed by atoms with E-state index in [1.165, 1.54) is 21.6 Å². The molecule has 2 aromatic rings. The van der Waals surface area contributed by atoms with E-state index in [0.717, 1.165) is 11.6 Å². The molecule has 0 saturated heterocycles. The van der Waals surface area contributed by atoms with Crippen molar-refractivity contribution in [2.75, 3.05) is 0 Å². The molecule has 0 bridgehead atoms. The third kappa shape index (κ3) is 3.14. The predicted molar refractivity (Wildman–Crippen MR) is 81.5 cm³/mol. The quantitative estimate of drug-likeness (QED) is 0.841. The molecule has 3 heteroatoms. The van der Waals surface area contributed by atoms with Crippen LogP contribution in [0.5, 0.6) is 0 Å². The smallest absolute Gasteiger partial charge is 0.0412 e. The summed E-state index contributed by atoms with van der Waals surface area (Å²) in [5, 5.41) is 6.39. The van der Waals surface area contributed by atoms with Crippen molar-refractivity contribution in [3.05, 3.63) is 45.8 Å². The summed E-state index contributed by atoms with van der Waals surface area (Å²) in [7, 11) is 0. The molecule has 2 rings (SSSR count). The summed E-state index contributed by atoms with van der Waals surface area (Å²) in [6.45, 7) is 7.34. The second kappa shape index (κ2) is 5.87. The zero-order valence-electron chi connectivity index (χ0n) is 11.0. The minimum absolute atomic E-state index is 0.484. The fourth-order valence-corrected chi connectivity index (χ4v) is 3.03. The Kier molecular flexibility index (Phi) is 4.44. The van der Waals surface area contributed by atoms with Gasteiger partial charge < -0.3 is 5.32 Å². The molecule has 1 heterocycles. The molecule has 0 aliphatic heterocycles. The SMILES string of the molecule is Cc1ccsc1-c1cc(Cl)ccc1CNC(C)C. The van der Waals surface area contributed by atoms with Gasteiger partial charge in [-0.05, 0) is 47.2 Å². The molecule has 0 spiro atoms. The van der Waals surface area contributed by atoms with Gasteiger partial charge in [0.2, 0.25) is 0 Å². The molecule has 18 heavy (non-hydrogen) atoms. The molecule has 1 aromatic heterocycles. The van der Waals surface area contributed by atoms with Gasteiger partial charge in [-0.2, -0.15) is 0 Å². The molecule has 0 radical (unpaired) electrons. The molecule has 0 unspecified atom stereocenters. The average molecular weight is 280 g/mol. The maximum atomic E-state index is 6.13. The summed E-state index contributed by atoms with van der Waals surface area (Å²) in [6, 6.07) is 8.79. The Morgan fingerprint density at radius 1 is 1.28 bits per heavy atom. The second-order valence-corrected chi connectivity index (χ2v) is 6.12. The molecular formula is C15H18ClNS. The molecule has 96 valence electrons. The number of benzene rings is 1. The van der Waals surface area contributed by atoms with Crippen molar-refractivity contribution in [3.8, 4) is 10.4 Å². The van der Waals surface area contributed by atoms with Gasteiger partial charge in [0, 0.05) is 22.5 Å². The van der Waals surface area contributed by atoms with Gasteiger partial charge in [-0.25, -0.2) is 0 Å². The van der Waals surface area contributed by atoms with Gasteiger partial charge in [0.05, 0.1) is 0 Å². The second-order valence-electron chi connectivity index (χ2n) is 4.77. The van der Waals surface area contributed by atoms with E-state index in [1.54, 1.807) is 11.3 Å². The highest BCUT2D eigenvalue weighted by Crippen LogP contribution is 2.33. The standard InChI is InChI=1S/C15H18ClNS/c1-10(2)17-9-12-4-5-13(16)8-14(12)15-11(3)6-7-18-15/h4-8,10,17H,9H2,1-3H3. The van der Waals surface area contributed by atoms with E-state index >= 15 is 0 Å². The van der Waals surface area contributed by atoms with Gasteiger partial charge in [0.25, 0.3) is 0 Å². The van der Waals surface area contributed by atoms with E-state index in [0.29, 0.717) is 6.04 Å². The van der Waals surface area contributed by atoms with E-state index < -0.39 is 0 Å². The van der Waals surface area contributed by atoms with Crippen molar-refractivity contribution in [3.63, 3.8) is 0 Å². The first-order valence-electron chi connectivity index (χ1n) is 6.14. The zero-order valence-corrected chi connectivity index (χ0v) is 12.5. The number of hydrogen-bond acceptors (Lipinski definition) is 2. The van der Waals surface area contributed by atoms with Crippen LogP contribution >= 0.6 is 22.9 Å². The van der Waals surface area contributed by atoms with Crippen LogP contribution in [-0.4, -0.2) is 6.04 Å². The number of rotatable bonds is 4. The van der Waals surface area contributed by atoms with Crippen molar-refractivity contribution < 1.29 is 0 Å². The van der Waals surface area contributed by atoms with E-state index in [9.17, 15) is 0 Å². The lowest BCUT2D eigenvalue weighted by Gasteiger charge is -2.13. The molecule has 1 aromatic carbocycles. The largest absolute Gasteiger partial charge is 0.310 e. The van der Waals surface area contributed by atoms with Gasteiger partial charge in [-0.15, -0.1) is 11.3 Å². The highest BCUT2D eigenvalue weighted by atomic mass is 35.5. The van der Waals surface area contributed by atoms with E-state index in [1.807, 2.05) is 6.07 Å². The lowest BCUT2D eigenvalue weighted by Crippen LogP contribution is -2.22. The van der Waals surface area contributed by atoms with Crippen LogP contribution in [0.2, 0.25) is 5.02 Å². The molecule has 0 aliphatic rings. The van der Waals surface area contributed by atoms with E-state index in [-0.39, 0.29) is 0 Å². The number of aryl methyl sites for hydroxylation is 1. The maximum absolute atomic E-state index is 6.13. The Balaban J connectivity index is 2.38. The third-order valence-electron chi connectivity index (χ3n) is 2.88. The van der Waals surface area contributed by atoms with Crippen LogP contribution in [0.3, 0.4) is 0 Å². The van der Waals surface area contributed by atoms with Crippen molar-refractivity contribution in [2.45, 2.75) is 33.4 Å². The Labute approximate surface area is 118 Å². The molecule has 0 aliphatic carbocycles. The first-order valence-corrected chi connectivity index (χ1v) is 7.40. The van der Waals surface area contributed by atoms with Crippen LogP contribution in [0.1, 0.15) is 25.0 Å². The Bertz CT molecular complexity index is 531. The summed E-state index contributed by atoms with van der Waals surface area (Å²) >= 11 is 7.91. The highest BCUT2D eigenvalue weighted by Gasteiger charge is 2.10. The normalized spacial score (nSPS) is 11.2. The zero-order chi connectivity index (χ0) is 13.1. The highest BCUT2D eigenvalue weighted by molar-refractivity contribution is 7.13.